The van der Waals surface area contributed by atoms with Crippen molar-refractivity contribution in [3.05, 3.63) is 22.5 Å². The number of nitrogens with one attached hydrogen (secondary N) is 1. The van der Waals surface area contributed by atoms with E-state index >= 15 is 0 Å². The van der Waals surface area contributed by atoms with Crippen molar-refractivity contribution in [3.8, 4) is 5.88 Å². The molecule has 0 unspecified atom stereocenters. The number of ether oxygens (including phenoxy) is 1. The van der Waals surface area contributed by atoms with Crippen LogP contribution < -0.4 is 15.6 Å². The van der Waals surface area contributed by atoms with Crippen LogP contribution in [0, 0.1) is 0 Å². The van der Waals surface area contributed by atoms with E-state index in [1.165, 1.54) is 17.9 Å². The monoisotopic (exact) mass is 225 g/mol. The van der Waals surface area contributed by atoms with Gasteiger partial charge in [-0.15, -0.1) is 5.10 Å². The smallest absolute Gasteiger partial charge is 0.266 e. The maximum Gasteiger partial charge on any atom is 0.266 e. The molecule has 0 bridgehead atoms. The lowest BCUT2D eigenvalue weighted by Crippen LogP contribution is -2.27. The van der Waals surface area contributed by atoms with Gasteiger partial charge in [-0.3, -0.25) is 4.79 Å². The van der Waals surface area contributed by atoms with Crippen molar-refractivity contribution in [3.63, 3.8) is 0 Å². The zero-order valence-corrected chi connectivity index (χ0v) is 10.1. The van der Waals surface area contributed by atoms with E-state index in [1.54, 1.807) is 6.07 Å². The molecular weight excluding hydrogens is 206 g/mol. The van der Waals surface area contributed by atoms with Crippen LogP contribution in [0.4, 0.5) is 0 Å². The summed E-state index contributed by atoms with van der Waals surface area (Å²) in [5, 5.41) is 7.35. The minimum absolute atomic E-state index is 0.0923. The first-order chi connectivity index (χ1) is 7.63. The molecule has 0 spiro atoms. The molecule has 5 nitrogen and oxygen atoms in total. The summed E-state index contributed by atoms with van der Waals surface area (Å²) in [7, 11) is 1.54. The van der Waals surface area contributed by atoms with Crippen molar-refractivity contribution in [1.29, 1.82) is 0 Å². The number of rotatable bonds is 6. The van der Waals surface area contributed by atoms with Crippen LogP contribution in [-0.4, -0.2) is 29.5 Å². The van der Waals surface area contributed by atoms with Gasteiger partial charge in [0.2, 0.25) is 5.88 Å². The summed E-state index contributed by atoms with van der Waals surface area (Å²) >= 11 is 0. The molecule has 90 valence electrons. The molecule has 1 N–H and O–H groups in total. The fourth-order valence-electron chi connectivity index (χ4n) is 1.32. The second kappa shape index (κ2) is 6.27. The van der Waals surface area contributed by atoms with E-state index in [9.17, 15) is 4.79 Å². The van der Waals surface area contributed by atoms with Crippen molar-refractivity contribution in [2.45, 2.75) is 32.9 Å². The molecule has 0 radical (unpaired) electrons. The number of hydrogen-bond donors (Lipinski definition) is 1. The first-order valence-corrected chi connectivity index (χ1v) is 5.49. The summed E-state index contributed by atoms with van der Waals surface area (Å²) in [5.41, 5.74) is -0.0923. The van der Waals surface area contributed by atoms with Crippen LogP contribution in [0.25, 0.3) is 0 Å². The Morgan fingerprint density at radius 3 is 2.88 bits per heavy atom. The van der Waals surface area contributed by atoms with Crippen molar-refractivity contribution >= 4 is 0 Å². The lowest BCUT2D eigenvalue weighted by molar-refractivity contribution is 0.372. The molecule has 0 aliphatic heterocycles. The lowest BCUT2D eigenvalue weighted by Gasteiger charge is -2.09. The van der Waals surface area contributed by atoms with Gasteiger partial charge in [0, 0.05) is 24.7 Å². The van der Waals surface area contributed by atoms with Gasteiger partial charge in [-0.1, -0.05) is 13.8 Å². The highest BCUT2D eigenvalue weighted by atomic mass is 16.5. The maximum atomic E-state index is 11.4. The maximum absolute atomic E-state index is 11.4. The molecule has 0 amide bonds. The van der Waals surface area contributed by atoms with Gasteiger partial charge >= 0.3 is 0 Å². The Bertz CT molecular complexity index is 374. The van der Waals surface area contributed by atoms with Crippen LogP contribution in [0.5, 0.6) is 5.88 Å². The summed E-state index contributed by atoms with van der Waals surface area (Å²) in [5.74, 6) is 0.469. The number of aromatic nitrogens is 2. The zero-order chi connectivity index (χ0) is 12.0. The summed E-state index contributed by atoms with van der Waals surface area (Å²) in [6.45, 7) is 5.67. The molecule has 16 heavy (non-hydrogen) atoms. The van der Waals surface area contributed by atoms with Crippen molar-refractivity contribution in [2.24, 2.45) is 0 Å². The summed E-state index contributed by atoms with van der Waals surface area (Å²) in [4.78, 5) is 11.4. The van der Waals surface area contributed by atoms with Gasteiger partial charge in [0.05, 0.1) is 7.11 Å². The Labute approximate surface area is 95.4 Å². The Morgan fingerprint density at radius 2 is 2.25 bits per heavy atom. The fourth-order valence-corrected chi connectivity index (χ4v) is 1.32. The van der Waals surface area contributed by atoms with Gasteiger partial charge in [-0.25, -0.2) is 4.68 Å². The van der Waals surface area contributed by atoms with Crippen LogP contribution in [0.1, 0.15) is 20.3 Å². The van der Waals surface area contributed by atoms with Gasteiger partial charge in [0.15, 0.2) is 0 Å². The predicted octanol–water partition coefficient (Wildman–Crippen LogP) is 0.640. The van der Waals surface area contributed by atoms with E-state index in [-0.39, 0.29) is 5.56 Å². The molecule has 0 saturated carbocycles. The lowest BCUT2D eigenvalue weighted by atomic mass is 10.3. The molecule has 0 fully saturated rings. The van der Waals surface area contributed by atoms with Crippen LogP contribution in [0.3, 0.4) is 0 Å². The highest BCUT2D eigenvalue weighted by Gasteiger charge is 2.00. The summed E-state index contributed by atoms with van der Waals surface area (Å²) < 4.78 is 6.40. The first kappa shape index (κ1) is 12.7. The molecule has 5 heteroatoms. The largest absolute Gasteiger partial charge is 0.480 e. The molecule has 0 aliphatic rings. The standard InChI is InChI=1S/C11H19N3O2/c1-9(2)12-7-4-8-14-11(15)6-5-10(13-14)16-3/h5-6,9,12H,4,7-8H2,1-3H3. The molecule has 1 heterocycles. The van der Waals surface area contributed by atoms with Crippen molar-refractivity contribution in [2.75, 3.05) is 13.7 Å². The fraction of sp³-hybridized carbons (Fsp3) is 0.636. The minimum Gasteiger partial charge on any atom is -0.480 e. The van der Waals surface area contributed by atoms with Crippen LogP contribution in [-0.2, 0) is 6.54 Å². The van der Waals surface area contributed by atoms with Gasteiger partial charge in [0.1, 0.15) is 0 Å². The Balaban J connectivity index is 2.49. The summed E-state index contributed by atoms with van der Waals surface area (Å²) in [6, 6.07) is 3.52. The zero-order valence-electron chi connectivity index (χ0n) is 10.1. The highest BCUT2D eigenvalue weighted by molar-refractivity contribution is 5.05. The van der Waals surface area contributed by atoms with Crippen LogP contribution >= 0.6 is 0 Å². The van der Waals surface area contributed by atoms with Crippen LogP contribution in [0.15, 0.2) is 16.9 Å². The predicted molar refractivity (Wildman–Crippen MR) is 62.8 cm³/mol. The molecule has 1 aromatic heterocycles. The molecule has 1 aromatic rings. The average molecular weight is 225 g/mol. The Morgan fingerprint density at radius 1 is 1.50 bits per heavy atom. The Hall–Kier alpha value is -1.36. The molecule has 1 rings (SSSR count). The normalized spacial score (nSPS) is 10.8. The van der Waals surface area contributed by atoms with Gasteiger partial charge < -0.3 is 10.1 Å². The van der Waals surface area contributed by atoms with Gasteiger partial charge in [-0.05, 0) is 13.0 Å². The van der Waals surface area contributed by atoms with E-state index in [0.717, 1.165) is 13.0 Å². The number of aryl methyl sites for hydroxylation is 1. The third-order valence-electron chi connectivity index (χ3n) is 2.15. The second-order valence-corrected chi connectivity index (χ2v) is 3.90. The number of hydrogen-bond acceptors (Lipinski definition) is 4. The summed E-state index contributed by atoms with van der Waals surface area (Å²) in [6.07, 6.45) is 0.873. The van der Waals surface area contributed by atoms with E-state index in [2.05, 4.69) is 24.3 Å². The molecule has 0 atom stereocenters. The molecule has 0 aliphatic carbocycles. The Kier molecular flexibility index (Phi) is 4.98. The molecular formula is C11H19N3O2. The SMILES string of the molecule is COc1ccc(=O)n(CCCNC(C)C)n1. The highest BCUT2D eigenvalue weighted by Crippen LogP contribution is 1.99. The van der Waals surface area contributed by atoms with Crippen molar-refractivity contribution < 1.29 is 4.74 Å². The van der Waals surface area contributed by atoms with Gasteiger partial charge in [-0.2, -0.15) is 0 Å². The third-order valence-corrected chi connectivity index (χ3v) is 2.15. The minimum atomic E-state index is -0.0923. The quantitative estimate of drug-likeness (QED) is 0.722. The topological polar surface area (TPSA) is 56.1 Å². The third kappa shape index (κ3) is 4.02. The van der Waals surface area contributed by atoms with E-state index < -0.39 is 0 Å². The first-order valence-electron chi connectivity index (χ1n) is 5.49. The number of methoxy groups -OCH3 is 1. The second-order valence-electron chi connectivity index (χ2n) is 3.90. The van der Waals surface area contributed by atoms with E-state index in [0.29, 0.717) is 18.5 Å². The van der Waals surface area contributed by atoms with Crippen LogP contribution in [0.2, 0.25) is 0 Å². The van der Waals surface area contributed by atoms with Gasteiger partial charge in [0.25, 0.3) is 5.56 Å². The number of nitrogens with zero attached hydrogens (tertiary/aromatic N) is 2. The molecule has 0 saturated heterocycles. The van der Waals surface area contributed by atoms with E-state index in [1.807, 2.05) is 0 Å². The average Bonchev–Trinajstić information content (AvgIpc) is 2.26. The van der Waals surface area contributed by atoms with Crippen molar-refractivity contribution in [1.82, 2.24) is 15.1 Å². The molecule has 0 aromatic carbocycles. The van der Waals surface area contributed by atoms with E-state index in [4.69, 9.17) is 4.74 Å².